The van der Waals surface area contributed by atoms with Gasteiger partial charge < -0.3 is 4.90 Å². The number of rotatable bonds is 8. The summed E-state index contributed by atoms with van der Waals surface area (Å²) in [5.41, 5.74) is 0. The Morgan fingerprint density at radius 2 is 1.63 bits per heavy atom. The second-order valence-corrected chi connectivity index (χ2v) is 9.56. The molecule has 30 heavy (non-hydrogen) atoms. The van der Waals surface area contributed by atoms with Crippen molar-refractivity contribution in [3.05, 3.63) is 6.20 Å². The Bertz CT molecular complexity index is 779. The van der Waals surface area contributed by atoms with Gasteiger partial charge in [-0.2, -0.15) is 0 Å². The van der Waals surface area contributed by atoms with Crippen LogP contribution in [0.25, 0.3) is 0 Å². The number of carbonyl (C=O) groups excluding carboxylic acids is 4. The lowest BCUT2D eigenvalue weighted by Crippen LogP contribution is -2.66. The monoisotopic (exact) mass is 458 g/mol. The van der Waals surface area contributed by atoms with Crippen LogP contribution in [0.3, 0.4) is 0 Å². The molecule has 1 aliphatic heterocycles. The third-order valence-corrected chi connectivity index (χ3v) is 6.65. The maximum Gasteiger partial charge on any atom is 0.305 e. The number of anilines is 1. The maximum absolute atomic E-state index is 12.5. The van der Waals surface area contributed by atoms with Gasteiger partial charge in [0.1, 0.15) is 0 Å². The number of hydrogen-bond acceptors (Lipinski definition) is 9. The lowest BCUT2D eigenvalue weighted by Gasteiger charge is -2.31. The molecule has 1 aromatic rings. The van der Waals surface area contributed by atoms with Gasteiger partial charge in [-0.15, -0.1) is 5.01 Å². The van der Waals surface area contributed by atoms with Crippen molar-refractivity contribution in [1.29, 1.82) is 0 Å². The number of hydrogen-bond donors (Lipinski definition) is 1. The van der Waals surface area contributed by atoms with Crippen molar-refractivity contribution >= 4 is 51.5 Å². The number of nitrogens with zero attached hydrogens (tertiary/aromatic N) is 4. The fourth-order valence-corrected chi connectivity index (χ4v) is 4.00. The van der Waals surface area contributed by atoms with Crippen molar-refractivity contribution in [3.8, 4) is 0 Å². The Hall–Kier alpha value is -2.08. The van der Waals surface area contributed by atoms with Crippen LogP contribution in [0.4, 0.5) is 5.88 Å². The number of amides is 2. The first-order valence-electron chi connectivity index (χ1n) is 9.67. The first-order chi connectivity index (χ1) is 14.2. The second kappa shape index (κ2) is 11.3. The van der Waals surface area contributed by atoms with Gasteiger partial charge in [0.2, 0.25) is 17.1 Å². The normalized spacial score (nSPS) is 16.1. The van der Waals surface area contributed by atoms with Gasteiger partial charge in [-0.3, -0.25) is 29.0 Å². The molecule has 1 aliphatic rings. The minimum absolute atomic E-state index is 0.0109. The Morgan fingerprint density at radius 1 is 1.07 bits per heavy atom. The molecule has 10 nitrogen and oxygen atoms in total. The molecule has 0 saturated carbocycles. The maximum atomic E-state index is 12.5. The zero-order valence-electron chi connectivity index (χ0n) is 17.6. The molecular weight excluding hydrogens is 430 g/mol. The molecule has 0 bridgehead atoms. The molecule has 1 saturated heterocycles. The van der Waals surface area contributed by atoms with Gasteiger partial charge in [0.05, 0.1) is 17.9 Å². The largest absolute Gasteiger partial charge is 0.338 e. The number of carbonyl (C=O) groups is 4. The van der Waals surface area contributed by atoms with Crippen molar-refractivity contribution in [2.75, 3.05) is 48.0 Å². The molecule has 2 amide bonds. The molecule has 1 aromatic heterocycles. The number of nitrogens with one attached hydrogen (secondary N) is 1. The molecular formula is C18H28N5O5S2+. The molecule has 1 fully saturated rings. The van der Waals surface area contributed by atoms with Crippen molar-refractivity contribution in [3.63, 3.8) is 0 Å². The lowest BCUT2D eigenvalue weighted by atomic mass is 10.1. The molecule has 2 rings (SSSR count). The van der Waals surface area contributed by atoms with E-state index in [1.165, 1.54) is 30.4 Å². The summed E-state index contributed by atoms with van der Waals surface area (Å²) < 4.78 is 5.18. The van der Waals surface area contributed by atoms with Crippen LogP contribution >= 0.6 is 23.5 Å². The van der Waals surface area contributed by atoms with Gasteiger partial charge in [-0.05, 0) is 0 Å². The quantitative estimate of drug-likeness (QED) is 0.556. The van der Waals surface area contributed by atoms with E-state index in [-0.39, 0.29) is 39.8 Å². The number of piperazine rings is 1. The summed E-state index contributed by atoms with van der Waals surface area (Å²) in [7, 11) is 0. The van der Waals surface area contributed by atoms with Crippen LogP contribution in [0.5, 0.6) is 0 Å². The molecule has 0 radical (unpaired) electrons. The Balaban J connectivity index is 1.82. The highest BCUT2D eigenvalue weighted by Gasteiger charge is 2.30. The second-order valence-electron chi connectivity index (χ2n) is 7.16. The number of aromatic nitrogens is 2. The van der Waals surface area contributed by atoms with Crippen molar-refractivity contribution in [2.24, 2.45) is 11.8 Å². The molecule has 2 atom stereocenters. The van der Waals surface area contributed by atoms with E-state index < -0.39 is 0 Å². The van der Waals surface area contributed by atoms with Crippen LogP contribution in [-0.4, -0.2) is 69.9 Å². The lowest BCUT2D eigenvalue weighted by molar-refractivity contribution is -0.759. The predicted molar refractivity (Wildman–Crippen MR) is 114 cm³/mol. The van der Waals surface area contributed by atoms with E-state index in [0.717, 1.165) is 11.8 Å². The van der Waals surface area contributed by atoms with E-state index in [9.17, 15) is 19.2 Å². The summed E-state index contributed by atoms with van der Waals surface area (Å²) in [5.74, 6) is 0.324. The average molecular weight is 459 g/mol. The van der Waals surface area contributed by atoms with Crippen LogP contribution in [0.2, 0.25) is 0 Å². The highest BCUT2D eigenvalue weighted by atomic mass is 32.2. The fourth-order valence-electron chi connectivity index (χ4n) is 2.74. The molecule has 12 heteroatoms. The summed E-state index contributed by atoms with van der Waals surface area (Å²) in [6, 6.07) is 0. The smallest absolute Gasteiger partial charge is 0.305 e. The standard InChI is InChI=1S/C18H27N5O5S2/c1-12(10-29-14(3)24)17(26)19-16-9-23(20-28-16)22-7-5-21(6-8-22)18(27)13(2)11-30-15(4)25/h9,12-13H,5-8,10-11H2,1-4H3/p+1/t12-,13-/m1/s1. The zero-order chi connectivity index (χ0) is 22.3. The topological polar surface area (TPSA) is 117 Å². The summed E-state index contributed by atoms with van der Waals surface area (Å²) in [6.45, 7) is 8.74. The van der Waals surface area contributed by atoms with Crippen LogP contribution in [0.15, 0.2) is 10.7 Å². The van der Waals surface area contributed by atoms with E-state index in [2.05, 4.69) is 10.6 Å². The average Bonchev–Trinajstić information content (AvgIpc) is 3.18. The fraction of sp³-hybridized carbons (Fsp3) is 0.667. The Labute approximate surface area is 184 Å². The summed E-state index contributed by atoms with van der Waals surface area (Å²) in [5, 5.41) is 8.47. The minimum Gasteiger partial charge on any atom is -0.338 e. The Morgan fingerprint density at radius 3 is 2.20 bits per heavy atom. The van der Waals surface area contributed by atoms with Crippen molar-refractivity contribution in [2.45, 2.75) is 27.7 Å². The van der Waals surface area contributed by atoms with Gasteiger partial charge in [0, 0.05) is 50.3 Å². The Kier molecular flexibility index (Phi) is 9.15. The molecule has 0 unspecified atom stereocenters. The SMILES string of the molecule is CC(=O)SC[C@@H](C)C(=O)Nc1c[n+](N2CCN(C(=O)[C@H](C)CSC(C)=O)CC2)no1. The van der Waals surface area contributed by atoms with Crippen LogP contribution in [0.1, 0.15) is 27.7 Å². The zero-order valence-corrected chi connectivity index (χ0v) is 19.3. The van der Waals surface area contributed by atoms with Crippen LogP contribution in [0, 0.1) is 11.8 Å². The molecule has 0 spiro atoms. The molecule has 0 aromatic carbocycles. The third-order valence-electron chi connectivity index (χ3n) is 4.50. The van der Waals surface area contributed by atoms with Gasteiger partial charge in [-0.1, -0.05) is 37.4 Å². The summed E-state index contributed by atoms with van der Waals surface area (Å²) >= 11 is 2.27. The van der Waals surface area contributed by atoms with Gasteiger partial charge in [0.15, 0.2) is 10.2 Å². The molecule has 2 heterocycles. The highest BCUT2D eigenvalue weighted by Crippen LogP contribution is 2.14. The van der Waals surface area contributed by atoms with E-state index in [0.29, 0.717) is 37.7 Å². The third kappa shape index (κ3) is 7.31. The predicted octanol–water partition coefficient (Wildman–Crippen LogP) is 0.512. The van der Waals surface area contributed by atoms with E-state index >= 15 is 0 Å². The number of thioether (sulfide) groups is 2. The summed E-state index contributed by atoms with van der Waals surface area (Å²) in [6.07, 6.45) is 1.58. The van der Waals surface area contributed by atoms with Gasteiger partial charge in [-0.25, -0.2) is 0 Å². The van der Waals surface area contributed by atoms with E-state index in [1.807, 2.05) is 11.9 Å². The highest BCUT2D eigenvalue weighted by molar-refractivity contribution is 8.13. The first-order valence-corrected chi connectivity index (χ1v) is 11.6. The first kappa shape index (κ1) is 24.2. The molecule has 1 N–H and O–H groups in total. The van der Waals surface area contributed by atoms with Crippen LogP contribution in [-0.2, 0) is 19.2 Å². The van der Waals surface area contributed by atoms with Gasteiger partial charge >= 0.3 is 5.88 Å². The minimum atomic E-state index is -0.352. The van der Waals surface area contributed by atoms with Crippen molar-refractivity contribution in [1.82, 2.24) is 10.2 Å². The molecule has 0 aliphatic carbocycles. The van der Waals surface area contributed by atoms with E-state index in [4.69, 9.17) is 4.52 Å². The van der Waals surface area contributed by atoms with Crippen LogP contribution < -0.4 is 15.1 Å². The van der Waals surface area contributed by atoms with Gasteiger partial charge in [0.25, 0.3) is 6.20 Å². The summed E-state index contributed by atoms with van der Waals surface area (Å²) in [4.78, 5) is 50.1. The van der Waals surface area contributed by atoms with Crippen molar-refractivity contribution < 1.29 is 28.5 Å². The molecule has 166 valence electrons. The van der Waals surface area contributed by atoms with E-state index in [1.54, 1.807) is 18.0 Å².